The molecule has 0 spiro atoms. The number of carbonyl (C=O) groups is 1. The minimum atomic E-state index is 0.0478. The molecule has 1 aromatic rings. The average molecular weight is 408 g/mol. The maximum absolute atomic E-state index is 12.1. The molecular formula is C13H16Br2N2OS. The van der Waals surface area contributed by atoms with Crippen molar-refractivity contribution < 1.29 is 4.79 Å². The predicted octanol–water partition coefficient (Wildman–Crippen LogP) is 4.27. The Labute approximate surface area is 134 Å². The van der Waals surface area contributed by atoms with Crippen molar-refractivity contribution in [3.8, 4) is 0 Å². The van der Waals surface area contributed by atoms with Crippen LogP contribution in [0.1, 0.15) is 19.3 Å². The molecule has 104 valence electrons. The summed E-state index contributed by atoms with van der Waals surface area (Å²) in [6.45, 7) is 0. The maximum Gasteiger partial charge on any atom is 0.224 e. The minimum absolute atomic E-state index is 0.0478. The molecule has 0 bridgehead atoms. The molecule has 2 rings (SSSR count). The fraction of sp³-hybridized carbons (Fsp3) is 0.462. The van der Waals surface area contributed by atoms with Crippen LogP contribution in [0, 0.1) is 5.92 Å². The number of nitrogens with two attached hydrogens (primary N) is 1. The summed E-state index contributed by atoms with van der Waals surface area (Å²) in [5.74, 6) is 2.90. The van der Waals surface area contributed by atoms with Crippen molar-refractivity contribution in [3.63, 3.8) is 0 Å². The lowest BCUT2D eigenvalue weighted by Crippen LogP contribution is -2.20. The highest BCUT2D eigenvalue weighted by molar-refractivity contribution is 9.11. The SMILES string of the molecule is Nc1cc(Br)cc(Br)c1NC(=O)CC1CCSCC1. The normalized spacial score (nSPS) is 16.3. The molecule has 1 fully saturated rings. The highest BCUT2D eigenvalue weighted by atomic mass is 79.9. The summed E-state index contributed by atoms with van der Waals surface area (Å²) in [6.07, 6.45) is 2.85. The Morgan fingerprint density at radius 3 is 2.68 bits per heavy atom. The second kappa shape index (κ2) is 6.99. The van der Waals surface area contributed by atoms with E-state index in [2.05, 4.69) is 37.2 Å². The van der Waals surface area contributed by atoms with Gasteiger partial charge >= 0.3 is 0 Å². The lowest BCUT2D eigenvalue weighted by Gasteiger charge is -2.21. The Kier molecular flexibility index (Phi) is 5.59. The van der Waals surface area contributed by atoms with Gasteiger partial charge in [0.2, 0.25) is 5.91 Å². The average Bonchev–Trinajstić information content (AvgIpc) is 2.35. The molecule has 3 N–H and O–H groups in total. The van der Waals surface area contributed by atoms with Gasteiger partial charge in [-0.15, -0.1) is 0 Å². The van der Waals surface area contributed by atoms with Crippen molar-refractivity contribution in [2.75, 3.05) is 22.6 Å². The Balaban J connectivity index is 1.98. The molecule has 1 amide bonds. The zero-order valence-corrected chi connectivity index (χ0v) is 14.4. The molecule has 1 aliphatic heterocycles. The van der Waals surface area contributed by atoms with Gasteiger partial charge in [0, 0.05) is 15.4 Å². The smallest absolute Gasteiger partial charge is 0.224 e. The zero-order chi connectivity index (χ0) is 13.8. The monoisotopic (exact) mass is 406 g/mol. The van der Waals surface area contributed by atoms with Gasteiger partial charge in [-0.2, -0.15) is 11.8 Å². The summed E-state index contributed by atoms with van der Waals surface area (Å²) in [6, 6.07) is 3.67. The van der Waals surface area contributed by atoms with E-state index in [0.717, 1.165) is 21.8 Å². The molecule has 0 atom stereocenters. The van der Waals surface area contributed by atoms with E-state index in [0.29, 0.717) is 23.7 Å². The number of carbonyl (C=O) groups excluding carboxylic acids is 1. The summed E-state index contributed by atoms with van der Waals surface area (Å²) in [5.41, 5.74) is 7.15. The lowest BCUT2D eigenvalue weighted by atomic mass is 9.98. The van der Waals surface area contributed by atoms with E-state index >= 15 is 0 Å². The van der Waals surface area contributed by atoms with Gasteiger partial charge in [-0.25, -0.2) is 0 Å². The number of hydrogen-bond acceptors (Lipinski definition) is 3. The van der Waals surface area contributed by atoms with E-state index in [1.807, 2.05) is 17.8 Å². The van der Waals surface area contributed by atoms with Crippen molar-refractivity contribution in [1.82, 2.24) is 0 Å². The fourth-order valence-electron chi connectivity index (χ4n) is 2.13. The molecule has 0 aromatic heterocycles. The fourth-order valence-corrected chi connectivity index (χ4v) is 4.69. The number of thioether (sulfide) groups is 1. The van der Waals surface area contributed by atoms with E-state index in [9.17, 15) is 4.79 Å². The number of nitrogen functional groups attached to an aromatic ring is 1. The van der Waals surface area contributed by atoms with E-state index < -0.39 is 0 Å². The third kappa shape index (κ3) is 4.39. The van der Waals surface area contributed by atoms with Gasteiger partial charge in [0.1, 0.15) is 0 Å². The number of rotatable bonds is 3. The van der Waals surface area contributed by atoms with Crippen LogP contribution in [-0.2, 0) is 4.79 Å². The van der Waals surface area contributed by atoms with E-state index in [1.165, 1.54) is 11.5 Å². The Morgan fingerprint density at radius 2 is 2.05 bits per heavy atom. The van der Waals surface area contributed by atoms with Gasteiger partial charge in [-0.1, -0.05) is 15.9 Å². The van der Waals surface area contributed by atoms with Crippen molar-refractivity contribution in [2.45, 2.75) is 19.3 Å². The molecular weight excluding hydrogens is 392 g/mol. The van der Waals surface area contributed by atoms with Crippen LogP contribution >= 0.6 is 43.6 Å². The van der Waals surface area contributed by atoms with Crippen molar-refractivity contribution >= 4 is 60.9 Å². The highest BCUT2D eigenvalue weighted by Crippen LogP contribution is 2.33. The van der Waals surface area contributed by atoms with Crippen LogP contribution in [0.2, 0.25) is 0 Å². The van der Waals surface area contributed by atoms with Crippen LogP contribution < -0.4 is 11.1 Å². The molecule has 19 heavy (non-hydrogen) atoms. The molecule has 0 saturated carbocycles. The number of amides is 1. The molecule has 1 aromatic carbocycles. The van der Waals surface area contributed by atoms with Gasteiger partial charge < -0.3 is 11.1 Å². The van der Waals surface area contributed by atoms with Gasteiger partial charge in [0.15, 0.2) is 0 Å². The Hall–Kier alpha value is -0.200. The first-order valence-corrected chi connectivity index (χ1v) is 8.92. The molecule has 3 nitrogen and oxygen atoms in total. The van der Waals surface area contributed by atoms with E-state index in [-0.39, 0.29) is 5.91 Å². The largest absolute Gasteiger partial charge is 0.397 e. The second-order valence-corrected chi connectivity index (χ2v) is 7.65. The van der Waals surface area contributed by atoms with Gasteiger partial charge in [-0.05, 0) is 58.3 Å². The quantitative estimate of drug-likeness (QED) is 0.735. The van der Waals surface area contributed by atoms with Crippen LogP contribution in [0.3, 0.4) is 0 Å². The summed E-state index contributed by atoms with van der Waals surface area (Å²) < 4.78 is 1.69. The number of hydrogen-bond donors (Lipinski definition) is 2. The maximum atomic E-state index is 12.1. The first kappa shape index (κ1) is 15.2. The predicted molar refractivity (Wildman–Crippen MR) is 89.6 cm³/mol. The number of benzene rings is 1. The number of anilines is 2. The first-order chi connectivity index (χ1) is 9.06. The molecule has 0 unspecified atom stereocenters. The standard InChI is InChI=1S/C13H16Br2N2OS/c14-9-6-10(15)13(11(16)7-9)17-12(18)5-8-1-3-19-4-2-8/h6-8H,1-5,16H2,(H,17,18). The molecule has 6 heteroatoms. The molecule has 0 aliphatic carbocycles. The van der Waals surface area contributed by atoms with Crippen LogP contribution in [0.15, 0.2) is 21.1 Å². The Morgan fingerprint density at radius 1 is 1.37 bits per heavy atom. The molecule has 0 radical (unpaired) electrons. The van der Waals surface area contributed by atoms with Gasteiger partial charge in [0.05, 0.1) is 11.4 Å². The zero-order valence-electron chi connectivity index (χ0n) is 10.4. The van der Waals surface area contributed by atoms with Crippen LogP contribution in [-0.4, -0.2) is 17.4 Å². The Bertz CT molecular complexity index is 453. The van der Waals surface area contributed by atoms with Gasteiger partial charge in [-0.3, -0.25) is 4.79 Å². The van der Waals surface area contributed by atoms with Crippen molar-refractivity contribution in [3.05, 3.63) is 21.1 Å². The first-order valence-electron chi connectivity index (χ1n) is 6.18. The molecule has 1 heterocycles. The summed E-state index contributed by atoms with van der Waals surface area (Å²) in [5, 5.41) is 2.91. The van der Waals surface area contributed by atoms with E-state index in [4.69, 9.17) is 5.73 Å². The van der Waals surface area contributed by atoms with Crippen molar-refractivity contribution in [2.24, 2.45) is 5.92 Å². The van der Waals surface area contributed by atoms with Gasteiger partial charge in [0.25, 0.3) is 0 Å². The number of nitrogens with one attached hydrogen (secondary N) is 1. The summed E-state index contributed by atoms with van der Waals surface area (Å²) in [7, 11) is 0. The van der Waals surface area contributed by atoms with E-state index in [1.54, 1.807) is 6.07 Å². The topological polar surface area (TPSA) is 55.1 Å². The molecule has 1 saturated heterocycles. The third-order valence-electron chi connectivity index (χ3n) is 3.16. The second-order valence-electron chi connectivity index (χ2n) is 4.66. The van der Waals surface area contributed by atoms with Crippen LogP contribution in [0.4, 0.5) is 11.4 Å². The highest BCUT2D eigenvalue weighted by Gasteiger charge is 2.18. The van der Waals surface area contributed by atoms with Crippen molar-refractivity contribution in [1.29, 1.82) is 0 Å². The summed E-state index contributed by atoms with van der Waals surface area (Å²) in [4.78, 5) is 12.1. The minimum Gasteiger partial charge on any atom is -0.397 e. The lowest BCUT2D eigenvalue weighted by molar-refractivity contribution is -0.117. The molecule has 1 aliphatic rings. The number of halogens is 2. The third-order valence-corrected chi connectivity index (χ3v) is 5.30. The van der Waals surface area contributed by atoms with Crippen LogP contribution in [0.25, 0.3) is 0 Å². The van der Waals surface area contributed by atoms with Crippen LogP contribution in [0.5, 0.6) is 0 Å². The summed E-state index contributed by atoms with van der Waals surface area (Å²) >= 11 is 8.76.